The van der Waals surface area contributed by atoms with Crippen molar-refractivity contribution in [2.24, 2.45) is 5.92 Å². The Morgan fingerprint density at radius 2 is 2.35 bits per heavy atom. The minimum Gasteiger partial charge on any atom is -0.383 e. The molecule has 0 aliphatic carbocycles. The van der Waals surface area contributed by atoms with Gasteiger partial charge in [-0.2, -0.15) is 5.10 Å². The molecular weight excluding hydrogens is 256 g/mol. The standard InChI is InChI=1S/C14H22N4O2/c1-10(2)5-7-16-13(19)9-18-14(20)8-12-11(17-18)4-3-6-15-12/h8,10,15H,3-7,9H2,1-2H3,(H,16,19). The van der Waals surface area contributed by atoms with E-state index in [0.29, 0.717) is 12.5 Å². The third-order valence-electron chi connectivity index (χ3n) is 3.32. The number of amides is 1. The SMILES string of the molecule is CC(C)CCNC(=O)Cn1nc2c(cc1=O)NCCC2. The molecule has 1 aliphatic heterocycles. The van der Waals surface area contributed by atoms with E-state index in [1.54, 1.807) is 0 Å². The topological polar surface area (TPSA) is 76.0 Å². The normalized spacial score (nSPS) is 13.8. The first-order chi connectivity index (χ1) is 9.56. The van der Waals surface area contributed by atoms with Gasteiger partial charge in [-0.15, -0.1) is 0 Å². The van der Waals surface area contributed by atoms with E-state index < -0.39 is 0 Å². The lowest BCUT2D eigenvalue weighted by atomic mass is 10.1. The van der Waals surface area contributed by atoms with Crippen LogP contribution in [0.15, 0.2) is 10.9 Å². The minimum atomic E-state index is -0.239. The first kappa shape index (κ1) is 14.6. The Hall–Kier alpha value is -1.85. The molecule has 6 heteroatoms. The second-order valence-electron chi connectivity index (χ2n) is 5.56. The number of carbonyl (C=O) groups excluding carboxylic acids is 1. The summed E-state index contributed by atoms with van der Waals surface area (Å²) >= 11 is 0. The largest absolute Gasteiger partial charge is 0.383 e. The predicted molar refractivity (Wildman–Crippen MR) is 77.8 cm³/mol. The molecule has 1 amide bonds. The molecule has 6 nitrogen and oxygen atoms in total. The van der Waals surface area contributed by atoms with Gasteiger partial charge in [-0.3, -0.25) is 9.59 Å². The third kappa shape index (κ3) is 3.82. The molecule has 0 bridgehead atoms. The Bertz CT molecular complexity index is 536. The number of anilines is 1. The number of nitrogens with zero attached hydrogens (tertiary/aromatic N) is 2. The molecule has 2 heterocycles. The van der Waals surface area contributed by atoms with E-state index in [2.05, 4.69) is 29.6 Å². The van der Waals surface area contributed by atoms with Gasteiger partial charge in [-0.25, -0.2) is 4.68 Å². The van der Waals surface area contributed by atoms with Gasteiger partial charge in [-0.05, 0) is 25.2 Å². The molecule has 2 N–H and O–H groups in total. The van der Waals surface area contributed by atoms with Crippen molar-refractivity contribution in [1.29, 1.82) is 0 Å². The van der Waals surface area contributed by atoms with Gasteiger partial charge < -0.3 is 10.6 Å². The monoisotopic (exact) mass is 278 g/mol. The fraction of sp³-hybridized carbons (Fsp3) is 0.643. The highest BCUT2D eigenvalue weighted by atomic mass is 16.2. The zero-order valence-corrected chi connectivity index (χ0v) is 12.1. The van der Waals surface area contributed by atoms with Crippen LogP contribution in [0.5, 0.6) is 0 Å². The molecule has 110 valence electrons. The third-order valence-corrected chi connectivity index (χ3v) is 3.32. The van der Waals surface area contributed by atoms with E-state index in [9.17, 15) is 9.59 Å². The van der Waals surface area contributed by atoms with E-state index in [0.717, 1.165) is 37.2 Å². The summed E-state index contributed by atoms with van der Waals surface area (Å²) in [6.45, 7) is 5.71. The molecule has 0 fully saturated rings. The van der Waals surface area contributed by atoms with Crippen LogP contribution >= 0.6 is 0 Å². The van der Waals surface area contributed by atoms with Crippen molar-refractivity contribution in [2.45, 2.75) is 39.7 Å². The van der Waals surface area contributed by atoms with Crippen LogP contribution in [0.3, 0.4) is 0 Å². The number of aromatic nitrogens is 2. The Balaban J connectivity index is 1.98. The van der Waals surface area contributed by atoms with Crippen LogP contribution in [0.1, 0.15) is 32.4 Å². The number of rotatable bonds is 5. The smallest absolute Gasteiger partial charge is 0.269 e. The van der Waals surface area contributed by atoms with Gasteiger partial charge in [0.2, 0.25) is 5.91 Å². The summed E-state index contributed by atoms with van der Waals surface area (Å²) in [5.41, 5.74) is 1.43. The van der Waals surface area contributed by atoms with E-state index >= 15 is 0 Å². The Morgan fingerprint density at radius 3 is 3.10 bits per heavy atom. The van der Waals surface area contributed by atoms with Crippen LogP contribution in [0, 0.1) is 5.92 Å². The molecule has 0 unspecified atom stereocenters. The summed E-state index contributed by atoms with van der Waals surface area (Å²) in [5.74, 6) is 0.384. The molecule has 0 atom stereocenters. The molecule has 1 aliphatic rings. The highest BCUT2D eigenvalue weighted by Gasteiger charge is 2.14. The quantitative estimate of drug-likeness (QED) is 0.834. The van der Waals surface area contributed by atoms with Crippen molar-refractivity contribution in [3.63, 3.8) is 0 Å². The van der Waals surface area contributed by atoms with Crippen LogP contribution in [0.2, 0.25) is 0 Å². The molecule has 1 aromatic heterocycles. The lowest BCUT2D eigenvalue weighted by Crippen LogP contribution is -2.35. The maximum absolute atomic E-state index is 11.9. The minimum absolute atomic E-state index is 0.00971. The van der Waals surface area contributed by atoms with E-state index in [-0.39, 0.29) is 18.0 Å². The molecule has 2 rings (SSSR count). The van der Waals surface area contributed by atoms with Crippen molar-refractivity contribution < 1.29 is 4.79 Å². The van der Waals surface area contributed by atoms with Crippen LogP contribution in [0.4, 0.5) is 5.69 Å². The van der Waals surface area contributed by atoms with Crippen LogP contribution < -0.4 is 16.2 Å². The van der Waals surface area contributed by atoms with Gasteiger partial charge >= 0.3 is 0 Å². The highest BCUT2D eigenvalue weighted by molar-refractivity contribution is 5.75. The van der Waals surface area contributed by atoms with Gasteiger partial charge in [0.15, 0.2) is 0 Å². The fourth-order valence-electron chi connectivity index (χ4n) is 2.15. The number of hydrogen-bond acceptors (Lipinski definition) is 4. The second-order valence-corrected chi connectivity index (χ2v) is 5.56. The molecule has 0 saturated carbocycles. The van der Waals surface area contributed by atoms with Gasteiger partial charge in [0, 0.05) is 19.2 Å². The van der Waals surface area contributed by atoms with Crippen molar-refractivity contribution in [3.05, 3.63) is 22.1 Å². The number of aryl methyl sites for hydroxylation is 1. The molecule has 0 spiro atoms. The number of hydrogen-bond donors (Lipinski definition) is 2. The fourth-order valence-corrected chi connectivity index (χ4v) is 2.15. The number of nitrogens with one attached hydrogen (secondary N) is 2. The molecule has 0 radical (unpaired) electrons. The Kier molecular flexibility index (Phi) is 4.76. The van der Waals surface area contributed by atoms with Gasteiger partial charge in [0.25, 0.3) is 5.56 Å². The summed E-state index contributed by atoms with van der Waals surface area (Å²) in [6, 6.07) is 1.53. The van der Waals surface area contributed by atoms with Crippen LogP contribution in [-0.2, 0) is 17.8 Å². The maximum atomic E-state index is 11.9. The average Bonchev–Trinajstić information content (AvgIpc) is 2.39. The van der Waals surface area contributed by atoms with E-state index in [1.165, 1.54) is 10.7 Å². The average molecular weight is 278 g/mol. The van der Waals surface area contributed by atoms with Crippen LogP contribution in [0.25, 0.3) is 0 Å². The van der Waals surface area contributed by atoms with Gasteiger partial charge in [0.1, 0.15) is 6.54 Å². The van der Waals surface area contributed by atoms with E-state index in [4.69, 9.17) is 0 Å². The van der Waals surface area contributed by atoms with Crippen molar-refractivity contribution in [3.8, 4) is 0 Å². The van der Waals surface area contributed by atoms with Crippen molar-refractivity contribution >= 4 is 11.6 Å². The predicted octanol–water partition coefficient (Wildman–Crippen LogP) is 0.764. The molecule has 0 aromatic carbocycles. The molecular formula is C14H22N4O2. The molecule has 0 saturated heterocycles. The molecule has 20 heavy (non-hydrogen) atoms. The zero-order chi connectivity index (χ0) is 14.5. The summed E-state index contributed by atoms with van der Waals surface area (Å²) in [4.78, 5) is 23.7. The van der Waals surface area contributed by atoms with Crippen molar-refractivity contribution in [2.75, 3.05) is 18.4 Å². The maximum Gasteiger partial charge on any atom is 0.269 e. The summed E-state index contributed by atoms with van der Waals surface area (Å²) < 4.78 is 1.25. The summed E-state index contributed by atoms with van der Waals surface area (Å²) in [7, 11) is 0. The van der Waals surface area contributed by atoms with Gasteiger partial charge in [0.05, 0.1) is 11.4 Å². The van der Waals surface area contributed by atoms with Gasteiger partial charge in [-0.1, -0.05) is 13.8 Å². The van der Waals surface area contributed by atoms with Crippen LogP contribution in [-0.4, -0.2) is 28.8 Å². The molecule has 1 aromatic rings. The lowest BCUT2D eigenvalue weighted by molar-refractivity contribution is -0.121. The highest BCUT2D eigenvalue weighted by Crippen LogP contribution is 2.16. The zero-order valence-electron chi connectivity index (χ0n) is 12.1. The Morgan fingerprint density at radius 1 is 1.55 bits per heavy atom. The Labute approximate surface area is 118 Å². The lowest BCUT2D eigenvalue weighted by Gasteiger charge is -2.17. The first-order valence-electron chi connectivity index (χ1n) is 7.18. The van der Waals surface area contributed by atoms with Crippen molar-refractivity contribution in [1.82, 2.24) is 15.1 Å². The first-order valence-corrected chi connectivity index (χ1v) is 7.18. The second kappa shape index (κ2) is 6.54. The number of carbonyl (C=O) groups is 1. The summed E-state index contributed by atoms with van der Waals surface area (Å²) in [6.07, 6.45) is 2.78. The van der Waals surface area contributed by atoms with E-state index in [1.807, 2.05) is 0 Å². The summed E-state index contributed by atoms with van der Waals surface area (Å²) in [5, 5.41) is 10.2. The number of fused-ring (bicyclic) bond motifs is 1.